The van der Waals surface area contributed by atoms with Crippen molar-refractivity contribution in [3.05, 3.63) is 93.5 Å². The van der Waals surface area contributed by atoms with Crippen molar-refractivity contribution < 1.29 is 24.5 Å². The first-order valence-corrected chi connectivity index (χ1v) is 10.6. The molecule has 33 heavy (non-hydrogen) atoms. The molecule has 0 spiro atoms. The molecule has 0 saturated carbocycles. The molecule has 1 fully saturated rings. The number of para-hydroxylation sites is 2. The fourth-order valence-electron chi connectivity index (χ4n) is 4.19. The number of phenolic OH excluding ortho intramolecular Hbond substituents is 1. The minimum atomic E-state index is -0.969. The van der Waals surface area contributed by atoms with Gasteiger partial charge in [-0.2, -0.15) is 0 Å². The lowest BCUT2D eigenvalue weighted by Crippen LogP contribution is -2.29. The molecule has 7 heteroatoms. The summed E-state index contributed by atoms with van der Waals surface area (Å²) in [5, 5.41) is 22.2. The molecule has 1 saturated heterocycles. The Morgan fingerprint density at radius 2 is 1.70 bits per heavy atom. The standard InChI is InChI=1S/C26H22ClNO5/c1-14-12-17(25(33-3)18(27)13-14)23(30)21-22(16-9-5-4-8-15(16)2)28(26(32)24(21)31)19-10-6-7-11-20(19)29/h4-13,22,29-30H,1-3H3/b23-21+. The number of ether oxygens (including phenoxy) is 1. The third kappa shape index (κ3) is 3.72. The van der Waals surface area contributed by atoms with Crippen molar-refractivity contribution in [1.29, 1.82) is 0 Å². The molecular formula is C26H22ClNO5. The molecule has 0 aromatic heterocycles. The number of anilines is 1. The van der Waals surface area contributed by atoms with E-state index < -0.39 is 23.5 Å². The summed E-state index contributed by atoms with van der Waals surface area (Å²) in [6.07, 6.45) is 0. The van der Waals surface area contributed by atoms with Gasteiger partial charge in [0.1, 0.15) is 17.3 Å². The fraction of sp³-hybridized carbons (Fsp3) is 0.154. The zero-order valence-electron chi connectivity index (χ0n) is 18.3. The number of halogens is 1. The molecule has 3 aromatic rings. The summed E-state index contributed by atoms with van der Waals surface area (Å²) in [6.45, 7) is 3.64. The first kappa shape index (κ1) is 22.4. The molecule has 6 nitrogen and oxygen atoms in total. The Bertz CT molecular complexity index is 1310. The highest BCUT2D eigenvalue weighted by Crippen LogP contribution is 2.46. The van der Waals surface area contributed by atoms with E-state index in [1.165, 1.54) is 18.1 Å². The minimum absolute atomic E-state index is 0.113. The molecule has 3 aromatic carbocycles. The summed E-state index contributed by atoms with van der Waals surface area (Å²) in [6, 6.07) is 15.9. The van der Waals surface area contributed by atoms with E-state index in [4.69, 9.17) is 16.3 Å². The number of carbonyl (C=O) groups is 2. The molecule has 4 rings (SSSR count). The van der Waals surface area contributed by atoms with E-state index >= 15 is 0 Å². The SMILES string of the molecule is COc1c(Cl)cc(C)cc1/C(O)=C1\C(=O)C(=O)N(c2ccccc2O)C1c1ccccc1C. The topological polar surface area (TPSA) is 87.1 Å². The molecule has 1 aliphatic heterocycles. The van der Waals surface area contributed by atoms with Gasteiger partial charge in [-0.05, 0) is 54.8 Å². The van der Waals surface area contributed by atoms with Gasteiger partial charge in [0.05, 0.1) is 35.0 Å². The number of Topliss-reactive ketones (excluding diaryl/α,β-unsaturated/α-hetero) is 1. The highest BCUT2D eigenvalue weighted by atomic mass is 35.5. The van der Waals surface area contributed by atoms with Gasteiger partial charge in [0.2, 0.25) is 0 Å². The first-order valence-electron chi connectivity index (χ1n) is 10.2. The summed E-state index contributed by atoms with van der Waals surface area (Å²) >= 11 is 6.32. The lowest BCUT2D eigenvalue weighted by atomic mass is 9.92. The number of rotatable bonds is 4. The molecule has 1 aliphatic rings. The lowest BCUT2D eigenvalue weighted by Gasteiger charge is -2.27. The first-order chi connectivity index (χ1) is 15.8. The zero-order valence-corrected chi connectivity index (χ0v) is 19.1. The number of ketones is 1. The van der Waals surface area contributed by atoms with Gasteiger partial charge < -0.3 is 14.9 Å². The van der Waals surface area contributed by atoms with Crippen LogP contribution >= 0.6 is 11.6 Å². The van der Waals surface area contributed by atoms with Crippen LogP contribution in [0.25, 0.3) is 5.76 Å². The van der Waals surface area contributed by atoms with Crippen LogP contribution in [0.4, 0.5) is 5.69 Å². The third-order valence-electron chi connectivity index (χ3n) is 5.72. The van der Waals surface area contributed by atoms with Gasteiger partial charge in [-0.3, -0.25) is 14.5 Å². The predicted octanol–water partition coefficient (Wildman–Crippen LogP) is 5.30. The summed E-state index contributed by atoms with van der Waals surface area (Å²) in [4.78, 5) is 27.8. The van der Waals surface area contributed by atoms with Crippen molar-refractivity contribution in [2.75, 3.05) is 12.0 Å². The molecule has 0 aliphatic carbocycles. The lowest BCUT2D eigenvalue weighted by molar-refractivity contribution is -0.132. The van der Waals surface area contributed by atoms with Crippen LogP contribution in [-0.4, -0.2) is 29.0 Å². The number of amides is 1. The Hall–Kier alpha value is -3.77. The number of carbonyl (C=O) groups excluding carboxylic acids is 2. The minimum Gasteiger partial charge on any atom is -0.507 e. The van der Waals surface area contributed by atoms with Gasteiger partial charge in [-0.25, -0.2) is 0 Å². The van der Waals surface area contributed by atoms with Crippen LogP contribution in [0, 0.1) is 13.8 Å². The van der Waals surface area contributed by atoms with Crippen LogP contribution < -0.4 is 9.64 Å². The summed E-state index contributed by atoms with van der Waals surface area (Å²) in [5.41, 5.74) is 2.45. The van der Waals surface area contributed by atoms with E-state index in [0.29, 0.717) is 5.56 Å². The normalized spacial score (nSPS) is 17.5. The molecule has 168 valence electrons. The Morgan fingerprint density at radius 3 is 2.36 bits per heavy atom. The molecule has 1 heterocycles. The van der Waals surface area contributed by atoms with Crippen molar-refractivity contribution >= 4 is 34.7 Å². The number of phenols is 1. The van der Waals surface area contributed by atoms with Gasteiger partial charge in [0.25, 0.3) is 11.7 Å². The highest BCUT2D eigenvalue weighted by Gasteiger charge is 2.48. The molecule has 1 unspecified atom stereocenters. The van der Waals surface area contributed by atoms with Gasteiger partial charge >= 0.3 is 0 Å². The van der Waals surface area contributed by atoms with Gasteiger partial charge in [-0.15, -0.1) is 0 Å². The van der Waals surface area contributed by atoms with Crippen molar-refractivity contribution in [3.8, 4) is 11.5 Å². The molecule has 1 amide bonds. The summed E-state index contributed by atoms with van der Waals surface area (Å²) in [5.74, 6) is -2.10. The summed E-state index contributed by atoms with van der Waals surface area (Å²) < 4.78 is 5.39. The van der Waals surface area contributed by atoms with Crippen LogP contribution in [0.3, 0.4) is 0 Å². The Balaban J connectivity index is 2.05. The van der Waals surface area contributed by atoms with E-state index in [9.17, 15) is 19.8 Å². The number of aryl methyl sites for hydroxylation is 2. The van der Waals surface area contributed by atoms with E-state index in [1.807, 2.05) is 19.1 Å². The maximum atomic E-state index is 13.3. The summed E-state index contributed by atoms with van der Waals surface area (Å²) in [7, 11) is 1.41. The molecular weight excluding hydrogens is 442 g/mol. The average molecular weight is 464 g/mol. The maximum absolute atomic E-state index is 13.3. The van der Waals surface area contributed by atoms with Crippen LogP contribution in [0.2, 0.25) is 5.02 Å². The number of nitrogens with zero attached hydrogens (tertiary/aromatic N) is 1. The van der Waals surface area contributed by atoms with Gasteiger partial charge in [0.15, 0.2) is 0 Å². The molecule has 2 N–H and O–H groups in total. The van der Waals surface area contributed by atoms with Crippen molar-refractivity contribution in [1.82, 2.24) is 0 Å². The second-order valence-corrected chi connectivity index (χ2v) is 8.25. The van der Waals surface area contributed by atoms with Crippen LogP contribution in [0.1, 0.15) is 28.3 Å². The number of methoxy groups -OCH3 is 1. The number of aliphatic hydroxyl groups excluding tert-OH is 1. The van der Waals surface area contributed by atoms with Gasteiger partial charge in [0, 0.05) is 0 Å². The molecule has 0 bridgehead atoms. The quantitative estimate of drug-likeness (QED) is 0.311. The highest BCUT2D eigenvalue weighted by molar-refractivity contribution is 6.52. The predicted molar refractivity (Wildman–Crippen MR) is 127 cm³/mol. The van der Waals surface area contributed by atoms with E-state index in [0.717, 1.165) is 11.1 Å². The Morgan fingerprint density at radius 1 is 1.03 bits per heavy atom. The van der Waals surface area contributed by atoms with Crippen molar-refractivity contribution in [2.45, 2.75) is 19.9 Å². The van der Waals surface area contributed by atoms with Crippen LogP contribution in [0.5, 0.6) is 11.5 Å². The molecule has 1 atom stereocenters. The monoisotopic (exact) mass is 463 g/mol. The fourth-order valence-corrected chi connectivity index (χ4v) is 4.55. The van der Waals surface area contributed by atoms with Crippen molar-refractivity contribution in [3.63, 3.8) is 0 Å². The number of hydrogen-bond donors (Lipinski definition) is 2. The van der Waals surface area contributed by atoms with Crippen molar-refractivity contribution in [2.24, 2.45) is 0 Å². The maximum Gasteiger partial charge on any atom is 0.300 e. The second kappa shape index (κ2) is 8.64. The third-order valence-corrected chi connectivity index (χ3v) is 6.00. The van der Waals surface area contributed by atoms with Crippen LogP contribution in [0.15, 0.2) is 66.2 Å². The Labute approximate surface area is 196 Å². The largest absolute Gasteiger partial charge is 0.507 e. The zero-order chi connectivity index (χ0) is 23.9. The second-order valence-electron chi connectivity index (χ2n) is 7.84. The smallest absolute Gasteiger partial charge is 0.300 e. The van der Waals surface area contributed by atoms with E-state index in [-0.39, 0.29) is 33.3 Å². The van der Waals surface area contributed by atoms with E-state index in [2.05, 4.69) is 0 Å². The number of aromatic hydroxyl groups is 1. The number of benzene rings is 3. The Kier molecular flexibility index (Phi) is 5.87. The van der Waals surface area contributed by atoms with E-state index in [1.54, 1.807) is 49.4 Å². The molecule has 0 radical (unpaired) electrons. The average Bonchev–Trinajstić information content (AvgIpc) is 3.04. The van der Waals surface area contributed by atoms with Crippen LogP contribution in [-0.2, 0) is 9.59 Å². The van der Waals surface area contributed by atoms with Gasteiger partial charge in [-0.1, -0.05) is 48.0 Å². The number of hydrogen-bond acceptors (Lipinski definition) is 5. The number of aliphatic hydroxyl groups is 1.